The Bertz CT molecular complexity index is 435. The van der Waals surface area contributed by atoms with Gasteiger partial charge in [0.2, 0.25) is 0 Å². The molecule has 3 nitrogen and oxygen atoms in total. The van der Waals surface area contributed by atoms with Crippen LogP contribution < -0.4 is 4.74 Å². The van der Waals surface area contributed by atoms with Crippen molar-refractivity contribution in [1.29, 1.82) is 0 Å². The van der Waals surface area contributed by atoms with Crippen molar-refractivity contribution in [2.75, 3.05) is 0 Å². The Morgan fingerprint density at radius 3 is 2.41 bits per heavy atom. The Kier molecular flexibility index (Phi) is 4.22. The van der Waals surface area contributed by atoms with Crippen molar-refractivity contribution >= 4 is 28.9 Å². The van der Waals surface area contributed by atoms with Gasteiger partial charge >= 0.3 is 6.36 Å². The van der Waals surface area contributed by atoms with Gasteiger partial charge in [-0.1, -0.05) is 0 Å². The zero-order chi connectivity index (χ0) is 13.2. The number of hydrogen-bond donors (Lipinski definition) is 0. The highest BCUT2D eigenvalue weighted by molar-refractivity contribution is 14.1. The standard InChI is InChI=1S/C8H3F5INO2/c9-7(10)5-6(17-8(11,12)13)3(2-16)4(14)1-15-5/h1-2,7H. The monoisotopic (exact) mass is 367 g/mol. The molecule has 1 heterocycles. The topological polar surface area (TPSA) is 39.2 Å². The molecule has 0 bridgehead atoms. The fraction of sp³-hybridized carbons (Fsp3) is 0.250. The molecule has 17 heavy (non-hydrogen) atoms. The summed E-state index contributed by atoms with van der Waals surface area (Å²) in [5, 5.41) is 0. The number of aromatic nitrogens is 1. The van der Waals surface area contributed by atoms with Gasteiger partial charge in [0.05, 0.1) is 5.56 Å². The Hall–Kier alpha value is -1.00. The fourth-order valence-electron chi connectivity index (χ4n) is 0.989. The molecule has 94 valence electrons. The number of ether oxygens (including phenoxy) is 1. The summed E-state index contributed by atoms with van der Waals surface area (Å²) >= 11 is 1.49. The van der Waals surface area contributed by atoms with Gasteiger partial charge in [-0.15, -0.1) is 13.2 Å². The number of alkyl halides is 5. The maximum Gasteiger partial charge on any atom is 0.573 e. The molecule has 0 aliphatic rings. The molecule has 0 aliphatic heterocycles. The van der Waals surface area contributed by atoms with E-state index in [0.717, 1.165) is 6.20 Å². The van der Waals surface area contributed by atoms with Crippen molar-refractivity contribution < 1.29 is 31.5 Å². The molecule has 0 amide bonds. The van der Waals surface area contributed by atoms with Crippen LogP contribution in [0.25, 0.3) is 0 Å². The molecule has 0 spiro atoms. The van der Waals surface area contributed by atoms with E-state index in [-0.39, 0.29) is 9.86 Å². The predicted molar refractivity (Wildman–Crippen MR) is 54.0 cm³/mol. The van der Waals surface area contributed by atoms with E-state index in [0.29, 0.717) is 0 Å². The zero-order valence-electron chi connectivity index (χ0n) is 7.76. The third kappa shape index (κ3) is 3.48. The van der Waals surface area contributed by atoms with Gasteiger partial charge in [-0.25, -0.2) is 8.78 Å². The average Bonchev–Trinajstić information content (AvgIpc) is 2.15. The lowest BCUT2D eigenvalue weighted by molar-refractivity contribution is -0.275. The summed E-state index contributed by atoms with van der Waals surface area (Å²) in [6.45, 7) is 0. The summed E-state index contributed by atoms with van der Waals surface area (Å²) in [5.41, 5.74) is -1.82. The summed E-state index contributed by atoms with van der Waals surface area (Å²) in [4.78, 5) is 13.7. The molecule has 1 aromatic heterocycles. The van der Waals surface area contributed by atoms with Gasteiger partial charge in [0, 0.05) is 9.77 Å². The van der Waals surface area contributed by atoms with E-state index in [9.17, 15) is 26.7 Å². The number of nitrogens with zero attached hydrogens (tertiary/aromatic N) is 1. The van der Waals surface area contributed by atoms with Gasteiger partial charge in [0.1, 0.15) is 5.69 Å². The Balaban J connectivity index is 3.39. The molecule has 0 atom stereocenters. The first kappa shape index (κ1) is 14.1. The molecule has 0 aromatic carbocycles. The lowest BCUT2D eigenvalue weighted by Crippen LogP contribution is -2.20. The minimum Gasteiger partial charge on any atom is -0.403 e. The Morgan fingerprint density at radius 1 is 1.41 bits per heavy atom. The van der Waals surface area contributed by atoms with Crippen LogP contribution in [0.5, 0.6) is 5.75 Å². The molecule has 0 radical (unpaired) electrons. The van der Waals surface area contributed by atoms with Crippen LogP contribution in [-0.2, 0) is 0 Å². The van der Waals surface area contributed by atoms with Crippen LogP contribution in [0.4, 0.5) is 22.0 Å². The summed E-state index contributed by atoms with van der Waals surface area (Å²) in [5.74, 6) is -1.26. The van der Waals surface area contributed by atoms with Crippen molar-refractivity contribution in [1.82, 2.24) is 4.98 Å². The maximum atomic E-state index is 12.4. The second-order valence-corrected chi connectivity index (χ2v) is 3.86. The van der Waals surface area contributed by atoms with Crippen LogP contribution in [0.15, 0.2) is 6.20 Å². The molecule has 9 heteroatoms. The molecule has 0 N–H and O–H groups in total. The van der Waals surface area contributed by atoms with Crippen molar-refractivity contribution in [2.45, 2.75) is 12.8 Å². The molecule has 1 rings (SSSR count). The van der Waals surface area contributed by atoms with Gasteiger partial charge in [0.25, 0.3) is 6.43 Å². The first-order valence-corrected chi connectivity index (χ1v) is 5.01. The van der Waals surface area contributed by atoms with E-state index in [1.165, 1.54) is 22.6 Å². The highest BCUT2D eigenvalue weighted by Crippen LogP contribution is 2.35. The maximum absolute atomic E-state index is 12.4. The lowest BCUT2D eigenvalue weighted by atomic mass is 10.2. The van der Waals surface area contributed by atoms with Crippen LogP contribution in [0.2, 0.25) is 0 Å². The second kappa shape index (κ2) is 5.10. The van der Waals surface area contributed by atoms with Crippen molar-refractivity contribution in [3.8, 4) is 5.75 Å². The lowest BCUT2D eigenvalue weighted by Gasteiger charge is -2.14. The number of carbonyl (C=O) groups is 1. The van der Waals surface area contributed by atoms with Crippen molar-refractivity contribution in [3.05, 3.63) is 21.0 Å². The number of rotatable bonds is 3. The minimum atomic E-state index is -5.17. The third-order valence-corrected chi connectivity index (χ3v) is 2.45. The molecule has 0 unspecified atom stereocenters. The van der Waals surface area contributed by atoms with Crippen molar-refractivity contribution in [2.24, 2.45) is 0 Å². The number of hydrogen-bond acceptors (Lipinski definition) is 3. The molecule has 0 aliphatic carbocycles. The van der Waals surface area contributed by atoms with Crippen LogP contribution in [0.1, 0.15) is 22.5 Å². The Morgan fingerprint density at radius 2 is 2.00 bits per heavy atom. The van der Waals surface area contributed by atoms with Crippen LogP contribution in [-0.4, -0.2) is 17.6 Å². The number of halogens is 6. The van der Waals surface area contributed by atoms with Gasteiger partial charge in [0.15, 0.2) is 12.0 Å². The van der Waals surface area contributed by atoms with Crippen LogP contribution >= 0.6 is 22.6 Å². The van der Waals surface area contributed by atoms with E-state index in [1.54, 1.807) is 0 Å². The molecular weight excluding hydrogens is 364 g/mol. The molecular formula is C8H3F5INO2. The predicted octanol–water partition coefficient (Wildman–Crippen LogP) is 3.33. The largest absolute Gasteiger partial charge is 0.573 e. The smallest absolute Gasteiger partial charge is 0.403 e. The summed E-state index contributed by atoms with van der Waals surface area (Å²) in [6, 6.07) is 0. The van der Waals surface area contributed by atoms with E-state index in [2.05, 4.69) is 9.72 Å². The zero-order valence-corrected chi connectivity index (χ0v) is 9.92. The minimum absolute atomic E-state index is 0.0103. The summed E-state index contributed by atoms with van der Waals surface area (Å²) < 4.78 is 64.3. The van der Waals surface area contributed by atoms with Gasteiger partial charge in [-0.2, -0.15) is 0 Å². The third-order valence-electron chi connectivity index (χ3n) is 1.59. The summed E-state index contributed by atoms with van der Waals surface area (Å²) in [7, 11) is 0. The van der Waals surface area contributed by atoms with E-state index in [1.807, 2.05) is 0 Å². The first-order valence-electron chi connectivity index (χ1n) is 3.93. The molecule has 0 fully saturated rings. The molecule has 0 saturated heterocycles. The van der Waals surface area contributed by atoms with E-state index >= 15 is 0 Å². The van der Waals surface area contributed by atoms with E-state index < -0.39 is 29.8 Å². The normalized spacial score (nSPS) is 11.7. The van der Waals surface area contributed by atoms with Gasteiger partial charge < -0.3 is 4.74 Å². The van der Waals surface area contributed by atoms with Crippen LogP contribution in [0.3, 0.4) is 0 Å². The first-order chi connectivity index (χ1) is 7.76. The number of aldehydes is 1. The highest BCUT2D eigenvalue weighted by atomic mass is 127. The number of pyridine rings is 1. The fourth-order valence-corrected chi connectivity index (χ4v) is 1.50. The average molecular weight is 367 g/mol. The molecule has 1 aromatic rings. The van der Waals surface area contributed by atoms with Crippen molar-refractivity contribution in [3.63, 3.8) is 0 Å². The SMILES string of the molecule is O=Cc1c(I)cnc(C(F)F)c1OC(F)(F)F. The Labute approximate surface area is 105 Å². The quantitative estimate of drug-likeness (QED) is 0.468. The van der Waals surface area contributed by atoms with Gasteiger partial charge in [-0.05, 0) is 22.6 Å². The second-order valence-electron chi connectivity index (χ2n) is 2.70. The molecule has 0 saturated carbocycles. The van der Waals surface area contributed by atoms with Gasteiger partial charge in [-0.3, -0.25) is 9.78 Å². The van der Waals surface area contributed by atoms with E-state index in [4.69, 9.17) is 0 Å². The highest BCUT2D eigenvalue weighted by Gasteiger charge is 2.35. The summed E-state index contributed by atoms with van der Waals surface area (Å²) in [6.07, 6.45) is -7.57. The van der Waals surface area contributed by atoms with Crippen LogP contribution in [0, 0.1) is 3.57 Å². The number of carbonyl (C=O) groups excluding carboxylic acids is 1.